The highest BCUT2D eigenvalue weighted by Crippen LogP contribution is 2.47. The molecule has 0 saturated heterocycles. The van der Waals surface area contributed by atoms with Gasteiger partial charge in [-0.05, 0) is 68.1 Å². The number of aryl methyl sites for hydroxylation is 2. The van der Waals surface area contributed by atoms with Crippen LogP contribution in [0.25, 0.3) is 0 Å². The molecule has 0 atom stereocenters. The molecule has 1 aliphatic rings. The molecule has 1 fully saturated rings. The molecule has 2 N–H and O–H groups in total. The van der Waals surface area contributed by atoms with E-state index in [0.717, 1.165) is 23.3 Å². The van der Waals surface area contributed by atoms with Gasteiger partial charge in [0.05, 0.1) is 5.56 Å². The van der Waals surface area contributed by atoms with E-state index >= 15 is 0 Å². The van der Waals surface area contributed by atoms with Gasteiger partial charge in [0, 0.05) is 11.4 Å². The molecular formula is C20H19F3N2O2. The molecule has 0 aliphatic heterocycles. The number of carbonyl (C=O) groups is 2. The number of anilines is 2. The van der Waals surface area contributed by atoms with Crippen LogP contribution in [-0.4, -0.2) is 11.8 Å². The number of alkyl halides is 3. The number of carbonyl (C=O) groups excluding carboxylic acids is 2. The quantitative estimate of drug-likeness (QED) is 0.762. The lowest BCUT2D eigenvalue weighted by molar-refractivity contribution is -0.137. The van der Waals surface area contributed by atoms with Gasteiger partial charge in [0.2, 0.25) is 11.8 Å². The van der Waals surface area contributed by atoms with Crippen molar-refractivity contribution >= 4 is 23.2 Å². The van der Waals surface area contributed by atoms with Crippen molar-refractivity contribution < 1.29 is 22.8 Å². The van der Waals surface area contributed by atoms with Crippen molar-refractivity contribution in [1.82, 2.24) is 0 Å². The van der Waals surface area contributed by atoms with Crippen LogP contribution in [0, 0.1) is 19.3 Å². The van der Waals surface area contributed by atoms with Crippen LogP contribution in [0.5, 0.6) is 0 Å². The van der Waals surface area contributed by atoms with Gasteiger partial charge in [0.15, 0.2) is 0 Å². The van der Waals surface area contributed by atoms with Crippen LogP contribution in [0.3, 0.4) is 0 Å². The first kappa shape index (κ1) is 18.9. The van der Waals surface area contributed by atoms with Crippen molar-refractivity contribution in [3.8, 4) is 0 Å². The number of amides is 2. The van der Waals surface area contributed by atoms with Crippen molar-refractivity contribution in [3.05, 3.63) is 59.2 Å². The molecule has 3 rings (SSSR count). The third kappa shape index (κ3) is 4.13. The minimum absolute atomic E-state index is 0.0142. The average molecular weight is 376 g/mol. The molecule has 0 aromatic heterocycles. The van der Waals surface area contributed by atoms with E-state index in [2.05, 4.69) is 10.6 Å². The number of hydrogen-bond donors (Lipinski definition) is 2. The standard InChI is InChI=1S/C20H19F3N2O2/c1-12-8-13(2)10-16(9-12)25-18(27)19(6-7-19)17(26)24-15-5-3-4-14(11-15)20(21,22)23/h3-5,8-11H,6-7H2,1-2H3,(H,24,26)(H,25,27). The van der Waals surface area contributed by atoms with Gasteiger partial charge in [0.25, 0.3) is 0 Å². The van der Waals surface area contributed by atoms with E-state index in [1.54, 1.807) is 12.1 Å². The maximum atomic E-state index is 12.8. The first-order valence-electron chi connectivity index (χ1n) is 8.49. The molecular weight excluding hydrogens is 357 g/mol. The molecule has 1 aliphatic carbocycles. The van der Waals surface area contributed by atoms with E-state index in [-0.39, 0.29) is 5.69 Å². The molecule has 0 spiro atoms. The van der Waals surface area contributed by atoms with Crippen molar-refractivity contribution in [2.24, 2.45) is 5.41 Å². The number of benzene rings is 2. The Bertz CT molecular complexity index is 882. The normalized spacial score (nSPS) is 15.1. The van der Waals surface area contributed by atoms with Crippen molar-refractivity contribution in [2.75, 3.05) is 10.6 Å². The lowest BCUT2D eigenvalue weighted by Gasteiger charge is -2.17. The van der Waals surface area contributed by atoms with Crippen LogP contribution < -0.4 is 10.6 Å². The molecule has 2 aromatic rings. The van der Waals surface area contributed by atoms with Gasteiger partial charge < -0.3 is 10.6 Å². The molecule has 4 nitrogen and oxygen atoms in total. The van der Waals surface area contributed by atoms with Gasteiger partial charge in [0.1, 0.15) is 5.41 Å². The summed E-state index contributed by atoms with van der Waals surface area (Å²) in [5.74, 6) is -1.04. The Morgan fingerprint density at radius 3 is 1.96 bits per heavy atom. The second-order valence-electron chi connectivity index (χ2n) is 6.95. The van der Waals surface area contributed by atoms with Gasteiger partial charge in [-0.2, -0.15) is 13.2 Å². The number of halogens is 3. The minimum Gasteiger partial charge on any atom is -0.325 e. The first-order chi connectivity index (χ1) is 12.6. The summed E-state index contributed by atoms with van der Waals surface area (Å²) >= 11 is 0. The van der Waals surface area contributed by atoms with Crippen LogP contribution >= 0.6 is 0 Å². The molecule has 142 valence electrons. The van der Waals surface area contributed by atoms with Crippen LogP contribution in [0.4, 0.5) is 24.5 Å². The lowest BCUT2D eigenvalue weighted by atomic mass is 10.0. The Kier molecular flexibility index (Phi) is 4.71. The van der Waals surface area contributed by atoms with Crippen LogP contribution in [0.2, 0.25) is 0 Å². The summed E-state index contributed by atoms with van der Waals surface area (Å²) in [6.07, 6.45) is -3.79. The Morgan fingerprint density at radius 2 is 1.44 bits per heavy atom. The van der Waals surface area contributed by atoms with E-state index in [1.165, 1.54) is 12.1 Å². The molecule has 0 heterocycles. The molecule has 0 bridgehead atoms. The van der Waals surface area contributed by atoms with Gasteiger partial charge in [-0.15, -0.1) is 0 Å². The molecule has 2 aromatic carbocycles. The predicted octanol–water partition coefficient (Wildman–Crippen LogP) is 4.68. The maximum Gasteiger partial charge on any atom is 0.416 e. The summed E-state index contributed by atoms with van der Waals surface area (Å²) in [4.78, 5) is 25.2. The van der Waals surface area contributed by atoms with Crippen molar-refractivity contribution in [1.29, 1.82) is 0 Å². The zero-order valence-electron chi connectivity index (χ0n) is 14.9. The van der Waals surface area contributed by atoms with E-state index in [1.807, 2.05) is 19.9 Å². The zero-order chi connectivity index (χ0) is 19.8. The highest BCUT2D eigenvalue weighted by Gasteiger charge is 2.56. The Hall–Kier alpha value is -2.83. The van der Waals surface area contributed by atoms with E-state index in [9.17, 15) is 22.8 Å². The van der Waals surface area contributed by atoms with Gasteiger partial charge in [-0.25, -0.2) is 0 Å². The number of nitrogens with one attached hydrogen (secondary N) is 2. The van der Waals surface area contributed by atoms with E-state index < -0.39 is 29.0 Å². The molecule has 27 heavy (non-hydrogen) atoms. The highest BCUT2D eigenvalue weighted by molar-refractivity contribution is 6.16. The second-order valence-corrected chi connectivity index (χ2v) is 6.95. The summed E-state index contributed by atoms with van der Waals surface area (Å²) in [7, 11) is 0. The summed E-state index contributed by atoms with van der Waals surface area (Å²) in [5, 5.41) is 5.20. The average Bonchev–Trinajstić information content (AvgIpc) is 3.35. The summed E-state index contributed by atoms with van der Waals surface area (Å²) in [6, 6.07) is 9.92. The maximum absolute atomic E-state index is 12.8. The molecule has 0 radical (unpaired) electrons. The summed E-state index contributed by atoms with van der Waals surface area (Å²) in [5.41, 5.74) is 0.458. The van der Waals surface area contributed by atoms with Gasteiger partial charge in [-0.1, -0.05) is 12.1 Å². The fraction of sp³-hybridized carbons (Fsp3) is 0.300. The Balaban J connectivity index is 1.73. The minimum atomic E-state index is -4.50. The fourth-order valence-electron chi connectivity index (χ4n) is 3.00. The Labute approximate surface area is 154 Å². The number of rotatable bonds is 4. The first-order valence-corrected chi connectivity index (χ1v) is 8.49. The molecule has 2 amide bonds. The highest BCUT2D eigenvalue weighted by atomic mass is 19.4. The largest absolute Gasteiger partial charge is 0.416 e. The van der Waals surface area contributed by atoms with Gasteiger partial charge >= 0.3 is 6.18 Å². The lowest BCUT2D eigenvalue weighted by Crippen LogP contribution is -2.35. The molecule has 7 heteroatoms. The summed E-state index contributed by atoms with van der Waals surface area (Å²) < 4.78 is 38.4. The monoisotopic (exact) mass is 376 g/mol. The smallest absolute Gasteiger partial charge is 0.325 e. The molecule has 1 saturated carbocycles. The van der Waals surface area contributed by atoms with Gasteiger partial charge in [-0.3, -0.25) is 9.59 Å². The van der Waals surface area contributed by atoms with Crippen LogP contribution in [-0.2, 0) is 15.8 Å². The van der Waals surface area contributed by atoms with Crippen molar-refractivity contribution in [3.63, 3.8) is 0 Å². The van der Waals surface area contributed by atoms with E-state index in [0.29, 0.717) is 18.5 Å². The molecule has 0 unspecified atom stereocenters. The van der Waals surface area contributed by atoms with Crippen LogP contribution in [0.15, 0.2) is 42.5 Å². The van der Waals surface area contributed by atoms with Crippen LogP contribution in [0.1, 0.15) is 29.5 Å². The zero-order valence-corrected chi connectivity index (χ0v) is 14.9. The third-order valence-corrected chi connectivity index (χ3v) is 4.55. The fourth-order valence-corrected chi connectivity index (χ4v) is 3.00. The topological polar surface area (TPSA) is 58.2 Å². The third-order valence-electron chi connectivity index (χ3n) is 4.55. The van der Waals surface area contributed by atoms with E-state index in [4.69, 9.17) is 0 Å². The number of hydrogen-bond acceptors (Lipinski definition) is 2. The Morgan fingerprint density at radius 1 is 0.889 bits per heavy atom. The SMILES string of the molecule is Cc1cc(C)cc(NC(=O)C2(C(=O)Nc3cccc(C(F)(F)F)c3)CC2)c1. The predicted molar refractivity (Wildman–Crippen MR) is 96.3 cm³/mol. The second kappa shape index (κ2) is 6.72. The van der Waals surface area contributed by atoms with Crippen molar-refractivity contribution in [2.45, 2.75) is 32.9 Å². The summed E-state index contributed by atoms with van der Waals surface area (Å²) in [6.45, 7) is 3.80.